The van der Waals surface area contributed by atoms with Gasteiger partial charge in [-0.05, 0) is 102 Å². The Labute approximate surface area is 266 Å². The number of carbonyl (C=O) groups is 1. The minimum Gasteiger partial charge on any atom is -0.390 e. The van der Waals surface area contributed by atoms with Crippen molar-refractivity contribution < 1.29 is 9.53 Å². The van der Waals surface area contributed by atoms with E-state index in [0.29, 0.717) is 0 Å². The number of ether oxygens (including phenoxy) is 1. The summed E-state index contributed by atoms with van der Waals surface area (Å²) in [5, 5.41) is 0. The first-order chi connectivity index (χ1) is 20.1. The SMILES string of the molecule is CN(C)Cc1cc(C#[N+]COC(=O)C(C)(C)c2ccccc2-c2ccc(C(C)(C)C)s2)ccc1-c1ccc(C(C)(C)C)s1. The third-order valence-electron chi connectivity index (χ3n) is 7.39. The van der Waals surface area contributed by atoms with Gasteiger partial charge in [0.15, 0.2) is 0 Å². The van der Waals surface area contributed by atoms with Crippen molar-refractivity contribution >= 4 is 28.6 Å². The summed E-state index contributed by atoms with van der Waals surface area (Å²) in [6.07, 6.45) is 0. The summed E-state index contributed by atoms with van der Waals surface area (Å²) >= 11 is 3.62. The van der Waals surface area contributed by atoms with Crippen LogP contribution >= 0.6 is 22.7 Å². The van der Waals surface area contributed by atoms with Gasteiger partial charge in [-0.15, -0.1) is 22.7 Å². The average Bonchev–Trinajstić information content (AvgIpc) is 3.61. The Bertz CT molecular complexity index is 1650. The fourth-order valence-corrected chi connectivity index (χ4v) is 7.12. The normalized spacial score (nSPS) is 12.3. The molecule has 0 atom stereocenters. The van der Waals surface area contributed by atoms with Gasteiger partial charge in [0.2, 0.25) is 0 Å². The molecule has 0 fully saturated rings. The molecule has 0 saturated heterocycles. The molecule has 0 spiro atoms. The third-order valence-corrected chi connectivity index (χ3v) is 10.5. The van der Waals surface area contributed by atoms with Crippen LogP contribution < -0.4 is 0 Å². The molecule has 0 N–H and O–H groups in total. The van der Waals surface area contributed by atoms with Gasteiger partial charge < -0.3 is 9.64 Å². The lowest BCUT2D eigenvalue weighted by Gasteiger charge is -2.24. The zero-order chi connectivity index (χ0) is 31.6. The molecule has 0 saturated carbocycles. The summed E-state index contributed by atoms with van der Waals surface area (Å²) in [6.45, 7) is 18.0. The van der Waals surface area contributed by atoms with Gasteiger partial charge in [-0.1, -0.05) is 71.9 Å². The number of thiophene rings is 2. The summed E-state index contributed by atoms with van der Waals surface area (Å²) < 4.78 is 5.68. The smallest absolute Gasteiger partial charge is 0.390 e. The molecule has 4 rings (SSSR count). The lowest BCUT2D eigenvalue weighted by molar-refractivity contribution is -0.148. The van der Waals surface area contributed by atoms with Crippen LogP contribution in [0.15, 0.2) is 66.7 Å². The fraction of sp³-hybridized carbons (Fsp3) is 0.405. The summed E-state index contributed by atoms with van der Waals surface area (Å²) in [6, 6.07) is 26.3. The molecule has 226 valence electrons. The topological polar surface area (TPSA) is 33.9 Å². The Morgan fingerprint density at radius 2 is 1.37 bits per heavy atom. The molecule has 4 nitrogen and oxygen atoms in total. The summed E-state index contributed by atoms with van der Waals surface area (Å²) in [5.74, 6) is -0.311. The van der Waals surface area contributed by atoms with Crippen molar-refractivity contribution in [2.75, 3.05) is 20.8 Å². The van der Waals surface area contributed by atoms with Gasteiger partial charge in [-0.25, -0.2) is 0 Å². The molecular weight excluding hydrogens is 569 g/mol. The Morgan fingerprint density at radius 3 is 1.93 bits per heavy atom. The Kier molecular flexibility index (Phi) is 9.71. The summed E-state index contributed by atoms with van der Waals surface area (Å²) in [4.78, 5) is 25.0. The molecule has 2 aromatic heterocycles. The molecule has 0 amide bonds. The minimum atomic E-state index is -0.842. The molecule has 0 aliphatic carbocycles. The molecule has 2 aromatic carbocycles. The highest BCUT2D eigenvalue weighted by atomic mass is 32.1. The number of carbonyl (C=O) groups excluding carboxylic acids is 1. The largest absolute Gasteiger partial charge is 0.407 e. The second-order valence-electron chi connectivity index (χ2n) is 13.9. The quantitative estimate of drug-likeness (QED) is 0.195. The van der Waals surface area contributed by atoms with Crippen LogP contribution in [-0.4, -0.2) is 31.7 Å². The Hall–Kier alpha value is -3.24. The molecule has 0 aliphatic heterocycles. The van der Waals surface area contributed by atoms with Gasteiger partial charge in [0, 0.05) is 26.1 Å². The number of esters is 1. The first-order valence-electron chi connectivity index (χ1n) is 14.8. The van der Waals surface area contributed by atoms with E-state index >= 15 is 0 Å². The van der Waals surface area contributed by atoms with Crippen molar-refractivity contribution in [1.29, 1.82) is 0 Å². The van der Waals surface area contributed by atoms with Crippen LogP contribution in [0.25, 0.3) is 25.7 Å². The molecule has 2 heterocycles. The molecule has 0 unspecified atom stereocenters. The van der Waals surface area contributed by atoms with Crippen LogP contribution in [0.2, 0.25) is 0 Å². The monoisotopic (exact) mass is 613 g/mol. The number of hydrogen-bond donors (Lipinski definition) is 0. The van der Waals surface area contributed by atoms with Crippen molar-refractivity contribution in [2.24, 2.45) is 0 Å². The van der Waals surface area contributed by atoms with Crippen LogP contribution in [0.5, 0.6) is 0 Å². The molecule has 0 bridgehead atoms. The van der Waals surface area contributed by atoms with Gasteiger partial charge in [0.05, 0.1) is 5.41 Å². The molecular formula is C37H45N2O2S2+. The molecule has 43 heavy (non-hydrogen) atoms. The van der Waals surface area contributed by atoms with Crippen LogP contribution in [0.4, 0.5) is 0 Å². The average molecular weight is 614 g/mol. The van der Waals surface area contributed by atoms with Crippen molar-refractivity contribution in [2.45, 2.75) is 78.2 Å². The van der Waals surface area contributed by atoms with E-state index in [1.165, 1.54) is 25.8 Å². The standard InChI is InChI=1S/C37H45N2O2S2/c1-35(2,3)32-19-17-30(42-32)27-16-15-25(21-26(27)23-39(9)10)22-38-24-41-34(40)37(7,8)29-14-12-11-13-28(29)31-18-20-33(43-31)36(4,5)6/h11-21H,23-24H2,1-10H3/q+1. The van der Waals surface area contributed by atoms with Gasteiger partial charge in [0.1, 0.15) is 5.56 Å². The van der Waals surface area contributed by atoms with E-state index in [9.17, 15) is 4.79 Å². The molecule has 0 radical (unpaired) electrons. The third kappa shape index (κ3) is 7.84. The molecule has 6 heteroatoms. The fourth-order valence-electron chi connectivity index (χ4n) is 4.89. The predicted molar refractivity (Wildman–Crippen MR) is 185 cm³/mol. The van der Waals surface area contributed by atoms with Gasteiger partial charge in [-0.2, -0.15) is 0 Å². The van der Waals surface area contributed by atoms with Crippen LogP contribution in [0.3, 0.4) is 0 Å². The van der Waals surface area contributed by atoms with Crippen molar-refractivity contribution in [3.8, 4) is 27.0 Å². The van der Waals surface area contributed by atoms with E-state index in [-0.39, 0.29) is 23.5 Å². The highest BCUT2D eigenvalue weighted by Gasteiger charge is 2.35. The van der Waals surface area contributed by atoms with Crippen LogP contribution in [0.1, 0.15) is 81.8 Å². The zero-order valence-electron chi connectivity index (χ0n) is 27.3. The first kappa shape index (κ1) is 32.7. The number of benzene rings is 2. The number of nitrogens with zero attached hydrogens (tertiary/aromatic N) is 2. The maximum Gasteiger partial charge on any atom is 0.407 e. The van der Waals surface area contributed by atoms with E-state index in [1.807, 2.05) is 49.4 Å². The van der Waals surface area contributed by atoms with E-state index in [2.05, 4.69) is 114 Å². The van der Waals surface area contributed by atoms with E-state index in [0.717, 1.165) is 28.1 Å². The number of rotatable bonds is 7. The lowest BCUT2D eigenvalue weighted by atomic mass is 9.81. The summed E-state index contributed by atoms with van der Waals surface area (Å²) in [5.41, 5.74) is 4.67. The van der Waals surface area contributed by atoms with Crippen molar-refractivity contribution in [3.05, 3.63) is 98.0 Å². The van der Waals surface area contributed by atoms with Crippen LogP contribution in [-0.2, 0) is 32.3 Å². The van der Waals surface area contributed by atoms with E-state index in [4.69, 9.17) is 4.74 Å². The van der Waals surface area contributed by atoms with E-state index < -0.39 is 5.41 Å². The Morgan fingerprint density at radius 1 is 0.791 bits per heavy atom. The zero-order valence-corrected chi connectivity index (χ0v) is 28.9. The maximum absolute atomic E-state index is 13.4. The Balaban J connectivity index is 1.50. The minimum absolute atomic E-state index is 0.0775. The lowest BCUT2D eigenvalue weighted by Crippen LogP contribution is -2.31. The van der Waals surface area contributed by atoms with Gasteiger partial charge >= 0.3 is 18.8 Å². The molecule has 4 aromatic rings. The second kappa shape index (κ2) is 12.8. The van der Waals surface area contributed by atoms with Gasteiger partial charge in [-0.3, -0.25) is 4.79 Å². The summed E-state index contributed by atoms with van der Waals surface area (Å²) in [7, 11) is 4.15. The number of hydrogen-bond acceptors (Lipinski definition) is 5. The second-order valence-corrected chi connectivity index (χ2v) is 16.1. The van der Waals surface area contributed by atoms with Crippen molar-refractivity contribution in [1.82, 2.24) is 4.90 Å². The van der Waals surface area contributed by atoms with Gasteiger partial charge in [0.25, 0.3) is 0 Å². The van der Waals surface area contributed by atoms with Crippen molar-refractivity contribution in [3.63, 3.8) is 0 Å². The first-order valence-corrected chi connectivity index (χ1v) is 16.4. The van der Waals surface area contributed by atoms with E-state index in [1.54, 1.807) is 11.3 Å². The highest BCUT2D eigenvalue weighted by molar-refractivity contribution is 7.16. The van der Waals surface area contributed by atoms with Crippen LogP contribution in [0, 0.1) is 6.07 Å². The molecule has 0 aliphatic rings. The maximum atomic E-state index is 13.4. The highest BCUT2D eigenvalue weighted by Crippen LogP contribution is 2.40. The predicted octanol–water partition coefficient (Wildman–Crippen LogP) is 9.96.